The normalized spacial score (nSPS) is 17.8. The molecule has 1 fully saturated rings. The van der Waals surface area contributed by atoms with Crippen LogP contribution in [0.25, 0.3) is 5.57 Å². The molecule has 0 spiro atoms. The zero-order valence-electron chi connectivity index (χ0n) is 22.6. The molecule has 2 aliphatic heterocycles. The monoisotopic (exact) mass is 565 g/mol. The van der Waals surface area contributed by atoms with Crippen LogP contribution in [0.15, 0.2) is 30.5 Å². The molecule has 0 aliphatic carbocycles. The van der Waals surface area contributed by atoms with Gasteiger partial charge in [0.25, 0.3) is 5.91 Å². The largest absolute Gasteiger partial charge is 0.492 e. The third-order valence-corrected chi connectivity index (χ3v) is 8.11. The number of rotatable bonds is 7. The number of nitrogens with zero attached hydrogens (tertiary/aromatic N) is 3. The van der Waals surface area contributed by atoms with Gasteiger partial charge in [0.15, 0.2) is 5.01 Å². The fourth-order valence-electron chi connectivity index (χ4n) is 4.74. The summed E-state index contributed by atoms with van der Waals surface area (Å²) < 4.78 is 51.8. The number of esters is 1. The number of halogens is 3. The van der Waals surface area contributed by atoms with Gasteiger partial charge in [-0.25, -0.2) is 9.78 Å². The first kappa shape index (κ1) is 29.1. The molecule has 0 bridgehead atoms. The highest BCUT2D eigenvalue weighted by molar-refractivity contribution is 7.12. The number of carbonyl (C=O) groups is 2. The molecule has 39 heavy (non-hydrogen) atoms. The van der Waals surface area contributed by atoms with Crippen molar-refractivity contribution in [3.05, 3.63) is 51.6 Å². The van der Waals surface area contributed by atoms with Gasteiger partial charge in [-0.2, -0.15) is 13.2 Å². The number of amides is 1. The minimum absolute atomic E-state index is 0.0465. The molecule has 1 saturated heterocycles. The minimum atomic E-state index is -4.66. The summed E-state index contributed by atoms with van der Waals surface area (Å²) in [6.45, 7) is 10.4. The number of ether oxygens (including phenoxy) is 2. The minimum Gasteiger partial charge on any atom is -0.492 e. The SMILES string of the molecule is CC(C)OC(=O)C1=CN(C(=O)c2ccc(OCCN3CCCCC3)cc2)CC(C)(C)c2sc(C(F)(F)F)nc21. The van der Waals surface area contributed by atoms with Crippen LogP contribution < -0.4 is 4.74 Å². The maximum Gasteiger partial charge on any atom is 0.443 e. The van der Waals surface area contributed by atoms with E-state index in [9.17, 15) is 22.8 Å². The van der Waals surface area contributed by atoms with E-state index >= 15 is 0 Å². The Balaban J connectivity index is 1.57. The van der Waals surface area contributed by atoms with Gasteiger partial charge in [-0.05, 0) is 64.0 Å². The van der Waals surface area contributed by atoms with Crippen molar-refractivity contribution in [3.8, 4) is 5.75 Å². The summed E-state index contributed by atoms with van der Waals surface area (Å²) in [6.07, 6.45) is -0.206. The molecule has 0 saturated carbocycles. The lowest BCUT2D eigenvalue weighted by Crippen LogP contribution is -2.36. The van der Waals surface area contributed by atoms with Crippen LogP contribution in [0.1, 0.15) is 72.9 Å². The number of alkyl halides is 3. The van der Waals surface area contributed by atoms with Crippen molar-refractivity contribution >= 4 is 28.8 Å². The van der Waals surface area contributed by atoms with Crippen molar-refractivity contribution in [1.29, 1.82) is 0 Å². The molecule has 0 N–H and O–H groups in total. The van der Waals surface area contributed by atoms with Gasteiger partial charge in [0, 0.05) is 35.1 Å². The van der Waals surface area contributed by atoms with Crippen molar-refractivity contribution in [1.82, 2.24) is 14.8 Å². The van der Waals surface area contributed by atoms with Crippen LogP contribution in [0.3, 0.4) is 0 Å². The second-order valence-corrected chi connectivity index (χ2v) is 11.8. The lowest BCUT2D eigenvalue weighted by molar-refractivity contribution is -0.140. The van der Waals surface area contributed by atoms with Crippen LogP contribution in [0, 0.1) is 0 Å². The van der Waals surface area contributed by atoms with E-state index in [-0.39, 0.29) is 22.7 Å². The quantitative estimate of drug-likeness (QED) is 0.398. The number of carbonyl (C=O) groups excluding carboxylic acids is 2. The van der Waals surface area contributed by atoms with E-state index in [0.717, 1.165) is 19.6 Å². The van der Waals surface area contributed by atoms with Crippen LogP contribution in [0.4, 0.5) is 13.2 Å². The number of fused-ring (bicyclic) bond motifs is 1. The molecule has 0 radical (unpaired) electrons. The standard InChI is InChI=1S/C28H34F3N3O4S/c1-18(2)38-25(36)21-16-34(17-27(3,4)23-22(21)32-26(39-23)28(29,30)31)24(35)19-8-10-20(11-9-19)37-15-14-33-12-6-5-7-13-33/h8-11,16,18H,5-7,12-15,17H2,1-4H3. The molecular formula is C28H34F3N3O4S. The van der Waals surface area contributed by atoms with E-state index in [1.54, 1.807) is 52.0 Å². The molecule has 11 heteroatoms. The highest BCUT2D eigenvalue weighted by Crippen LogP contribution is 2.43. The van der Waals surface area contributed by atoms with Gasteiger partial charge in [-0.15, -0.1) is 11.3 Å². The average Bonchev–Trinajstić information content (AvgIpc) is 3.30. The molecule has 1 amide bonds. The Hall–Kier alpha value is -2.92. The average molecular weight is 566 g/mol. The number of piperidine rings is 1. The fourth-order valence-corrected chi connectivity index (χ4v) is 5.77. The number of thiazole rings is 1. The second kappa shape index (κ2) is 11.7. The van der Waals surface area contributed by atoms with E-state index in [2.05, 4.69) is 9.88 Å². The highest BCUT2D eigenvalue weighted by Gasteiger charge is 2.43. The zero-order valence-corrected chi connectivity index (χ0v) is 23.5. The molecule has 0 atom stereocenters. The van der Waals surface area contributed by atoms with Crippen LogP contribution in [-0.4, -0.2) is 65.6 Å². The molecule has 2 aromatic rings. The molecule has 2 aliphatic rings. The maximum absolute atomic E-state index is 13.5. The number of hydrogen-bond acceptors (Lipinski definition) is 7. The Bertz CT molecular complexity index is 1220. The van der Waals surface area contributed by atoms with E-state index < -0.39 is 34.6 Å². The smallest absolute Gasteiger partial charge is 0.443 e. The second-order valence-electron chi connectivity index (χ2n) is 10.8. The van der Waals surface area contributed by atoms with Crippen LogP contribution >= 0.6 is 11.3 Å². The van der Waals surface area contributed by atoms with Crippen molar-refractivity contribution < 1.29 is 32.2 Å². The van der Waals surface area contributed by atoms with Gasteiger partial charge in [0.1, 0.15) is 17.9 Å². The molecule has 4 rings (SSSR count). The lowest BCUT2D eigenvalue weighted by Gasteiger charge is -2.28. The fraction of sp³-hybridized carbons (Fsp3) is 0.536. The summed E-state index contributed by atoms with van der Waals surface area (Å²) in [5.41, 5.74) is -0.839. The van der Waals surface area contributed by atoms with Crippen molar-refractivity contribution in [2.24, 2.45) is 0 Å². The molecule has 7 nitrogen and oxygen atoms in total. The first-order valence-corrected chi connectivity index (χ1v) is 13.9. The Morgan fingerprint density at radius 2 is 1.77 bits per heavy atom. The van der Waals surface area contributed by atoms with Gasteiger partial charge < -0.3 is 14.4 Å². The molecular weight excluding hydrogens is 531 g/mol. The number of likely N-dealkylation sites (tertiary alicyclic amines) is 1. The van der Waals surface area contributed by atoms with E-state index in [1.165, 1.54) is 30.4 Å². The summed E-state index contributed by atoms with van der Waals surface area (Å²) in [7, 11) is 0. The molecule has 1 aromatic carbocycles. The van der Waals surface area contributed by atoms with E-state index in [0.29, 0.717) is 29.3 Å². The Morgan fingerprint density at radius 1 is 1.10 bits per heavy atom. The Morgan fingerprint density at radius 3 is 2.38 bits per heavy atom. The van der Waals surface area contributed by atoms with Gasteiger partial charge in [-0.1, -0.05) is 20.3 Å². The predicted octanol–water partition coefficient (Wildman–Crippen LogP) is 5.75. The Kier molecular flexibility index (Phi) is 8.70. The third-order valence-electron chi connectivity index (χ3n) is 6.64. The topological polar surface area (TPSA) is 72.0 Å². The number of hydrogen-bond donors (Lipinski definition) is 0. The van der Waals surface area contributed by atoms with E-state index in [1.807, 2.05) is 0 Å². The summed E-state index contributed by atoms with van der Waals surface area (Å²) in [5.74, 6) is -0.593. The van der Waals surface area contributed by atoms with Crippen LogP contribution in [0.5, 0.6) is 5.75 Å². The number of benzene rings is 1. The molecule has 1 aromatic heterocycles. The maximum atomic E-state index is 13.5. The van der Waals surface area contributed by atoms with Crippen LogP contribution in [-0.2, 0) is 21.1 Å². The first-order valence-electron chi connectivity index (χ1n) is 13.1. The zero-order chi connectivity index (χ0) is 28.4. The number of aromatic nitrogens is 1. The highest BCUT2D eigenvalue weighted by atomic mass is 32.1. The third kappa shape index (κ3) is 7.00. The van der Waals surface area contributed by atoms with Crippen molar-refractivity contribution in [2.45, 2.75) is 64.7 Å². The summed E-state index contributed by atoms with van der Waals surface area (Å²) >= 11 is 0.489. The van der Waals surface area contributed by atoms with Gasteiger partial charge in [-0.3, -0.25) is 9.69 Å². The van der Waals surface area contributed by atoms with Gasteiger partial charge in [0.05, 0.1) is 11.8 Å². The van der Waals surface area contributed by atoms with Gasteiger partial charge >= 0.3 is 12.1 Å². The predicted molar refractivity (Wildman–Crippen MR) is 143 cm³/mol. The van der Waals surface area contributed by atoms with Crippen molar-refractivity contribution in [2.75, 3.05) is 32.8 Å². The summed E-state index contributed by atoms with van der Waals surface area (Å²) in [6, 6.07) is 6.73. The summed E-state index contributed by atoms with van der Waals surface area (Å²) in [5, 5.41) is -1.04. The Labute approximate surface area is 230 Å². The van der Waals surface area contributed by atoms with Crippen LogP contribution in [0.2, 0.25) is 0 Å². The van der Waals surface area contributed by atoms with Crippen molar-refractivity contribution in [3.63, 3.8) is 0 Å². The summed E-state index contributed by atoms with van der Waals surface area (Å²) in [4.78, 5) is 34.3. The van der Waals surface area contributed by atoms with Gasteiger partial charge in [0.2, 0.25) is 0 Å². The lowest BCUT2D eigenvalue weighted by atomic mass is 9.89. The van der Waals surface area contributed by atoms with E-state index in [4.69, 9.17) is 9.47 Å². The first-order chi connectivity index (χ1) is 18.3. The molecule has 212 valence electrons. The molecule has 0 unspecified atom stereocenters. The molecule has 3 heterocycles.